The van der Waals surface area contributed by atoms with Crippen LogP contribution in [0.4, 0.5) is 0 Å². The molecule has 3 nitrogen and oxygen atoms in total. The maximum Gasteiger partial charge on any atom is 0.253 e. The van der Waals surface area contributed by atoms with Crippen LogP contribution in [0.5, 0.6) is 0 Å². The standard InChI is InChI=1S/C11H14N2OS/c1-3-13(2)11(14)9-6-4-8(5-7-9)10(12)15/h4-7H,3H2,1-2H3,(H2,12,15). The zero-order chi connectivity index (χ0) is 11.4. The van der Waals surface area contributed by atoms with E-state index in [2.05, 4.69) is 0 Å². The number of thiocarbonyl (C=S) groups is 1. The summed E-state index contributed by atoms with van der Waals surface area (Å²) in [6.45, 7) is 2.62. The molecular formula is C11H14N2OS. The summed E-state index contributed by atoms with van der Waals surface area (Å²) in [4.78, 5) is 13.7. The molecule has 0 heterocycles. The molecule has 0 fully saturated rings. The van der Waals surface area contributed by atoms with Gasteiger partial charge in [-0.05, 0) is 19.1 Å². The molecule has 0 aliphatic heterocycles. The Morgan fingerprint density at radius 1 is 1.33 bits per heavy atom. The lowest BCUT2D eigenvalue weighted by atomic mass is 10.1. The second-order valence-corrected chi connectivity index (χ2v) is 3.70. The first-order chi connectivity index (χ1) is 7.06. The molecule has 0 unspecified atom stereocenters. The Labute approximate surface area is 94.9 Å². The molecule has 0 saturated carbocycles. The predicted molar refractivity (Wildman–Crippen MR) is 65.0 cm³/mol. The minimum absolute atomic E-state index is 0.00647. The van der Waals surface area contributed by atoms with E-state index in [-0.39, 0.29) is 5.91 Å². The van der Waals surface area contributed by atoms with Gasteiger partial charge in [-0.15, -0.1) is 0 Å². The molecule has 1 aromatic carbocycles. The van der Waals surface area contributed by atoms with Gasteiger partial charge in [-0.1, -0.05) is 24.4 Å². The summed E-state index contributed by atoms with van der Waals surface area (Å²) in [7, 11) is 1.77. The van der Waals surface area contributed by atoms with E-state index in [1.165, 1.54) is 0 Å². The molecule has 0 bridgehead atoms. The number of hydrogen-bond acceptors (Lipinski definition) is 2. The first-order valence-corrected chi connectivity index (χ1v) is 5.12. The smallest absolute Gasteiger partial charge is 0.253 e. The highest BCUT2D eigenvalue weighted by Gasteiger charge is 2.09. The molecule has 1 amide bonds. The topological polar surface area (TPSA) is 46.3 Å². The third kappa shape index (κ3) is 2.76. The van der Waals surface area contributed by atoms with E-state index >= 15 is 0 Å². The van der Waals surface area contributed by atoms with Crippen LogP contribution in [0.15, 0.2) is 24.3 Å². The maximum absolute atomic E-state index is 11.7. The molecular weight excluding hydrogens is 208 g/mol. The van der Waals surface area contributed by atoms with Gasteiger partial charge >= 0.3 is 0 Å². The average Bonchev–Trinajstić information content (AvgIpc) is 2.27. The number of hydrogen-bond donors (Lipinski definition) is 1. The van der Waals surface area contributed by atoms with Crippen LogP contribution in [-0.2, 0) is 0 Å². The molecule has 1 aromatic rings. The molecule has 0 aliphatic rings. The Morgan fingerprint density at radius 2 is 1.80 bits per heavy atom. The molecule has 0 radical (unpaired) electrons. The van der Waals surface area contributed by atoms with Crippen LogP contribution in [0, 0.1) is 0 Å². The van der Waals surface area contributed by atoms with Crippen molar-refractivity contribution in [2.24, 2.45) is 5.73 Å². The summed E-state index contributed by atoms with van der Waals surface area (Å²) in [5.74, 6) is 0.00647. The largest absolute Gasteiger partial charge is 0.389 e. The second-order valence-electron chi connectivity index (χ2n) is 3.26. The number of benzene rings is 1. The zero-order valence-corrected chi connectivity index (χ0v) is 9.67. The van der Waals surface area contributed by atoms with Gasteiger partial charge in [0.1, 0.15) is 4.99 Å². The van der Waals surface area contributed by atoms with Crippen molar-refractivity contribution in [2.75, 3.05) is 13.6 Å². The minimum atomic E-state index is 0.00647. The van der Waals surface area contributed by atoms with E-state index < -0.39 is 0 Å². The fourth-order valence-electron chi connectivity index (χ4n) is 1.14. The molecule has 4 heteroatoms. The number of nitrogens with two attached hydrogens (primary N) is 1. The Balaban J connectivity index is 2.89. The van der Waals surface area contributed by atoms with Crippen molar-refractivity contribution in [3.8, 4) is 0 Å². The average molecular weight is 222 g/mol. The van der Waals surface area contributed by atoms with Crippen molar-refractivity contribution in [1.29, 1.82) is 0 Å². The van der Waals surface area contributed by atoms with Crippen molar-refractivity contribution in [3.05, 3.63) is 35.4 Å². The monoisotopic (exact) mass is 222 g/mol. The highest BCUT2D eigenvalue weighted by Crippen LogP contribution is 2.06. The second kappa shape index (κ2) is 4.89. The van der Waals surface area contributed by atoms with Gasteiger partial charge in [-0.2, -0.15) is 0 Å². The van der Waals surface area contributed by atoms with Gasteiger partial charge in [-0.3, -0.25) is 4.79 Å². The van der Waals surface area contributed by atoms with Crippen molar-refractivity contribution in [3.63, 3.8) is 0 Å². The van der Waals surface area contributed by atoms with Gasteiger partial charge in [0.15, 0.2) is 0 Å². The summed E-state index contributed by atoms with van der Waals surface area (Å²) in [5, 5.41) is 0. The maximum atomic E-state index is 11.7. The van der Waals surface area contributed by atoms with E-state index in [1.807, 2.05) is 6.92 Å². The molecule has 15 heavy (non-hydrogen) atoms. The number of amides is 1. The Morgan fingerprint density at radius 3 is 2.20 bits per heavy atom. The van der Waals surface area contributed by atoms with Crippen LogP contribution < -0.4 is 5.73 Å². The van der Waals surface area contributed by atoms with Crippen LogP contribution >= 0.6 is 12.2 Å². The number of rotatable bonds is 3. The van der Waals surface area contributed by atoms with E-state index in [1.54, 1.807) is 36.2 Å². The van der Waals surface area contributed by atoms with E-state index in [0.717, 1.165) is 5.56 Å². The molecule has 0 spiro atoms. The SMILES string of the molecule is CCN(C)C(=O)c1ccc(C(N)=S)cc1. The molecule has 0 aromatic heterocycles. The molecule has 2 N–H and O–H groups in total. The minimum Gasteiger partial charge on any atom is -0.389 e. The summed E-state index contributed by atoms with van der Waals surface area (Å²) in [6, 6.07) is 7.00. The fourth-order valence-corrected chi connectivity index (χ4v) is 1.28. The van der Waals surface area contributed by atoms with Gasteiger partial charge in [0.25, 0.3) is 5.91 Å². The molecule has 80 valence electrons. The summed E-state index contributed by atoms with van der Waals surface area (Å²) in [5.41, 5.74) is 6.89. The van der Waals surface area contributed by atoms with Crippen LogP contribution in [-0.4, -0.2) is 29.4 Å². The van der Waals surface area contributed by atoms with Crippen LogP contribution in [0.25, 0.3) is 0 Å². The van der Waals surface area contributed by atoms with Gasteiger partial charge in [0.05, 0.1) is 0 Å². The molecule has 0 aliphatic carbocycles. The third-order valence-electron chi connectivity index (χ3n) is 2.24. The number of nitrogens with zero attached hydrogens (tertiary/aromatic N) is 1. The molecule has 0 saturated heterocycles. The number of carbonyl (C=O) groups is 1. The lowest BCUT2D eigenvalue weighted by molar-refractivity contribution is 0.0802. The van der Waals surface area contributed by atoms with E-state index in [0.29, 0.717) is 17.1 Å². The summed E-state index contributed by atoms with van der Waals surface area (Å²) < 4.78 is 0. The van der Waals surface area contributed by atoms with Crippen molar-refractivity contribution in [1.82, 2.24) is 4.90 Å². The number of carbonyl (C=O) groups excluding carboxylic acids is 1. The predicted octanol–water partition coefficient (Wildman–Crippen LogP) is 1.41. The first kappa shape index (κ1) is 11.7. The zero-order valence-electron chi connectivity index (χ0n) is 8.86. The van der Waals surface area contributed by atoms with Crippen LogP contribution in [0.1, 0.15) is 22.8 Å². The first-order valence-electron chi connectivity index (χ1n) is 4.71. The lowest BCUT2D eigenvalue weighted by Crippen LogP contribution is -2.26. The van der Waals surface area contributed by atoms with Crippen LogP contribution in [0.3, 0.4) is 0 Å². The normalized spacial score (nSPS) is 9.73. The van der Waals surface area contributed by atoms with E-state index in [9.17, 15) is 4.79 Å². The summed E-state index contributed by atoms with van der Waals surface area (Å²) in [6.07, 6.45) is 0. The van der Waals surface area contributed by atoms with Crippen molar-refractivity contribution >= 4 is 23.1 Å². The van der Waals surface area contributed by atoms with Gasteiger partial charge in [-0.25, -0.2) is 0 Å². The fraction of sp³-hybridized carbons (Fsp3) is 0.273. The Hall–Kier alpha value is -1.42. The molecule has 0 atom stereocenters. The highest BCUT2D eigenvalue weighted by molar-refractivity contribution is 7.80. The van der Waals surface area contributed by atoms with Gasteiger partial charge in [0.2, 0.25) is 0 Å². The quantitative estimate of drug-likeness (QED) is 0.787. The molecule has 1 rings (SSSR count). The summed E-state index contributed by atoms with van der Waals surface area (Å²) >= 11 is 4.83. The van der Waals surface area contributed by atoms with Crippen molar-refractivity contribution in [2.45, 2.75) is 6.92 Å². The highest BCUT2D eigenvalue weighted by atomic mass is 32.1. The Kier molecular flexibility index (Phi) is 3.80. The van der Waals surface area contributed by atoms with Gasteiger partial charge < -0.3 is 10.6 Å². The Bertz CT molecular complexity index is 373. The van der Waals surface area contributed by atoms with Gasteiger partial charge in [0, 0.05) is 24.7 Å². The van der Waals surface area contributed by atoms with Crippen molar-refractivity contribution < 1.29 is 4.79 Å². The van der Waals surface area contributed by atoms with Crippen LogP contribution in [0.2, 0.25) is 0 Å². The lowest BCUT2D eigenvalue weighted by Gasteiger charge is -2.14. The van der Waals surface area contributed by atoms with E-state index in [4.69, 9.17) is 18.0 Å². The third-order valence-corrected chi connectivity index (χ3v) is 2.47.